The zero-order valence-corrected chi connectivity index (χ0v) is 45.2. The van der Waals surface area contributed by atoms with E-state index in [0.29, 0.717) is 63.4 Å². The molecule has 1 unspecified atom stereocenters. The third-order valence-electron chi connectivity index (χ3n) is 13.7. The molecule has 1 fully saturated rings. The number of hydrogen-bond acceptors (Lipinski definition) is 14. The Morgan fingerprint density at radius 2 is 1.53 bits per heavy atom. The maximum absolute atomic E-state index is 13.4. The summed E-state index contributed by atoms with van der Waals surface area (Å²) in [6.07, 6.45) is 10.6. The molecule has 410 valence electrons. The van der Waals surface area contributed by atoms with Gasteiger partial charge in [0.25, 0.3) is 5.91 Å². The lowest BCUT2D eigenvalue weighted by atomic mass is 9.70. The number of rotatable bonds is 18. The molecule has 8 aromatic rings. The van der Waals surface area contributed by atoms with Crippen LogP contribution in [-0.4, -0.2) is 105 Å². The fourth-order valence-electron chi connectivity index (χ4n) is 9.67. The number of para-hydroxylation sites is 3. The summed E-state index contributed by atoms with van der Waals surface area (Å²) >= 11 is 0. The zero-order chi connectivity index (χ0) is 54.8. The van der Waals surface area contributed by atoms with E-state index in [4.69, 9.17) is 42.6 Å². The standard InChI is InChI=1S/C26H30N2O3.C23H25N3O3.C14H13NO4/c1-30-24-8-3-7-23(18-24)22-6-2-5-21(17-22)19-26(10-15-31-16-11-26)25(29)9-4-13-28-14-12-27-20-28;1-26(2)15-16-7-9-17(10-8-16)24-20-12-11-19(25-23(20)27-3)18-5-4-6-21-22(18)29-14-13-28-21;16-14(13-6-3-7-17-13)15-8-10-9-18-11-4-1-2-5-12(11)19-10/h2-3,5-8,12,14,17-18,20H,4,9-11,13,15-16,19H2,1H3;4-12,24H,13-15H2,1-3H3;1-7,10H,8-9H2,(H,15,16). The number of imidazole rings is 1. The molecule has 0 aliphatic carbocycles. The average Bonchev–Trinajstić information content (AvgIpc) is 4.31. The van der Waals surface area contributed by atoms with Crippen LogP contribution in [-0.2, 0) is 29.0 Å². The number of anilines is 2. The molecule has 1 saturated heterocycles. The van der Waals surface area contributed by atoms with E-state index in [1.165, 1.54) is 17.4 Å². The predicted molar refractivity (Wildman–Crippen MR) is 303 cm³/mol. The number of aromatic nitrogens is 3. The van der Waals surface area contributed by atoms with Crippen molar-refractivity contribution in [3.63, 3.8) is 0 Å². The molecule has 16 heteroatoms. The second kappa shape index (κ2) is 27.1. The molecule has 2 N–H and O–H groups in total. The monoisotopic (exact) mass is 1070 g/mol. The number of nitrogens with zero attached hydrogens (tertiary/aromatic N) is 4. The Morgan fingerprint density at radius 3 is 2.29 bits per heavy atom. The summed E-state index contributed by atoms with van der Waals surface area (Å²) < 4.78 is 46.4. The van der Waals surface area contributed by atoms with Crippen molar-refractivity contribution in [2.45, 2.75) is 51.3 Å². The Labute approximate surface area is 461 Å². The number of pyridine rings is 1. The van der Waals surface area contributed by atoms with Gasteiger partial charge < -0.3 is 57.7 Å². The Hall–Kier alpha value is -8.60. The number of furan rings is 1. The first-order chi connectivity index (χ1) is 38.6. The molecule has 0 radical (unpaired) electrons. The van der Waals surface area contributed by atoms with Crippen LogP contribution in [0.15, 0.2) is 169 Å². The molecule has 79 heavy (non-hydrogen) atoms. The van der Waals surface area contributed by atoms with E-state index in [2.05, 4.69) is 89.2 Å². The molecule has 0 bridgehead atoms. The van der Waals surface area contributed by atoms with Crippen LogP contribution < -0.4 is 39.1 Å². The van der Waals surface area contributed by atoms with Gasteiger partial charge in [-0.05, 0) is 135 Å². The first-order valence-electron chi connectivity index (χ1n) is 26.6. The largest absolute Gasteiger partial charge is 0.497 e. The molecule has 6 heterocycles. The van der Waals surface area contributed by atoms with Crippen LogP contribution in [0.4, 0.5) is 11.4 Å². The number of methoxy groups -OCH3 is 2. The van der Waals surface area contributed by atoms with Crippen LogP contribution in [0.1, 0.15) is 47.4 Å². The summed E-state index contributed by atoms with van der Waals surface area (Å²) in [5.41, 5.74) is 7.84. The summed E-state index contributed by atoms with van der Waals surface area (Å²) in [5, 5.41) is 6.14. The van der Waals surface area contributed by atoms with Crippen molar-refractivity contribution in [2.24, 2.45) is 5.41 Å². The molecule has 11 rings (SSSR count). The second-order valence-electron chi connectivity index (χ2n) is 19.7. The van der Waals surface area contributed by atoms with E-state index in [1.54, 1.807) is 38.9 Å². The number of nitrogens with one attached hydrogen (secondary N) is 2. The first kappa shape index (κ1) is 55.2. The SMILES string of the molecule is COc1cccc(-c2cccc(CC3(C(=O)CCCn4ccnc4)CCOCC3)c2)c1.COc1nc(-c2cccc3c2OCCO3)ccc1Nc1ccc(CN(C)C)cc1.O=C(NCC1COc2ccccc2O1)c1ccco1. The lowest BCUT2D eigenvalue weighted by Gasteiger charge is -2.36. The highest BCUT2D eigenvalue weighted by atomic mass is 16.6. The van der Waals surface area contributed by atoms with Crippen LogP contribution in [0.2, 0.25) is 0 Å². The number of ketones is 1. The fourth-order valence-corrected chi connectivity index (χ4v) is 9.67. The van der Waals surface area contributed by atoms with E-state index >= 15 is 0 Å². The van der Waals surface area contributed by atoms with Gasteiger partial charge in [-0.2, -0.15) is 0 Å². The molecule has 0 spiro atoms. The van der Waals surface area contributed by atoms with Crippen molar-refractivity contribution in [1.82, 2.24) is 24.8 Å². The van der Waals surface area contributed by atoms with Crippen LogP contribution in [0, 0.1) is 5.41 Å². The number of benzene rings is 5. The van der Waals surface area contributed by atoms with Crippen LogP contribution >= 0.6 is 0 Å². The van der Waals surface area contributed by atoms with E-state index in [0.717, 1.165) is 95.5 Å². The summed E-state index contributed by atoms with van der Waals surface area (Å²) in [6.45, 7) is 4.92. The molecule has 3 aliphatic heterocycles. The molecular weight excluding hydrogens is 1000 g/mol. The van der Waals surface area contributed by atoms with Gasteiger partial charge in [0.1, 0.15) is 43.1 Å². The number of carbonyl (C=O) groups is 2. The predicted octanol–water partition coefficient (Wildman–Crippen LogP) is 11.1. The van der Waals surface area contributed by atoms with E-state index in [1.807, 2.05) is 83.6 Å². The van der Waals surface area contributed by atoms with E-state index in [-0.39, 0.29) is 23.2 Å². The maximum atomic E-state index is 13.4. The number of hydrogen-bond donors (Lipinski definition) is 2. The van der Waals surface area contributed by atoms with Gasteiger partial charge >= 0.3 is 0 Å². The molecular formula is C63H68N6O10. The molecule has 16 nitrogen and oxygen atoms in total. The second-order valence-corrected chi connectivity index (χ2v) is 19.7. The van der Waals surface area contributed by atoms with Crippen molar-refractivity contribution < 1.29 is 47.2 Å². The molecule has 0 saturated carbocycles. The lowest BCUT2D eigenvalue weighted by Crippen LogP contribution is -2.40. The number of amides is 1. The molecule has 1 amide bonds. The molecule has 3 aromatic heterocycles. The van der Waals surface area contributed by atoms with E-state index in [9.17, 15) is 9.59 Å². The van der Waals surface area contributed by atoms with Crippen molar-refractivity contribution in [2.75, 3.05) is 73.2 Å². The normalized spacial score (nSPS) is 14.8. The summed E-state index contributed by atoms with van der Waals surface area (Å²) in [6, 6.07) is 45.5. The first-order valence-corrected chi connectivity index (χ1v) is 26.6. The minimum Gasteiger partial charge on any atom is -0.497 e. The van der Waals surface area contributed by atoms with Crippen molar-refractivity contribution in [3.05, 3.63) is 181 Å². The fraction of sp³-hybridized carbons (Fsp3) is 0.302. The number of carbonyl (C=O) groups excluding carboxylic acids is 2. The smallest absolute Gasteiger partial charge is 0.287 e. The topological polar surface area (TPSA) is 170 Å². The van der Waals surface area contributed by atoms with E-state index < -0.39 is 0 Å². The maximum Gasteiger partial charge on any atom is 0.287 e. The van der Waals surface area contributed by atoms with Crippen molar-refractivity contribution >= 4 is 23.1 Å². The van der Waals surface area contributed by atoms with Crippen LogP contribution in [0.5, 0.6) is 34.6 Å². The Kier molecular flexibility index (Phi) is 18.9. The highest BCUT2D eigenvalue weighted by Gasteiger charge is 2.39. The Bertz CT molecular complexity index is 3210. The molecule has 1 atom stereocenters. The minimum absolute atomic E-state index is 0.200. The van der Waals surface area contributed by atoms with Crippen molar-refractivity contribution in [3.8, 4) is 57.0 Å². The van der Waals surface area contributed by atoms with Gasteiger partial charge in [0.15, 0.2) is 28.8 Å². The van der Waals surface area contributed by atoms with Gasteiger partial charge in [-0.3, -0.25) is 9.59 Å². The number of ether oxygens (including phenoxy) is 7. The summed E-state index contributed by atoms with van der Waals surface area (Å²) in [7, 11) is 7.43. The number of Topliss-reactive ketones (excluding diaryl/α,β-unsaturated/α-hetero) is 1. The van der Waals surface area contributed by atoms with Gasteiger partial charge in [0.2, 0.25) is 5.88 Å². The van der Waals surface area contributed by atoms with Gasteiger partial charge in [0.05, 0.1) is 39.0 Å². The quantitative estimate of drug-likeness (QED) is 0.0832. The number of aryl methyl sites for hydroxylation is 1. The summed E-state index contributed by atoms with van der Waals surface area (Å²) in [4.78, 5) is 36.0. The Morgan fingerprint density at radius 1 is 0.759 bits per heavy atom. The molecule has 5 aromatic carbocycles. The highest BCUT2D eigenvalue weighted by Crippen LogP contribution is 2.41. The van der Waals surface area contributed by atoms with Gasteiger partial charge in [-0.15, -0.1) is 0 Å². The third-order valence-corrected chi connectivity index (χ3v) is 13.7. The Balaban J connectivity index is 0.000000148. The lowest BCUT2D eigenvalue weighted by molar-refractivity contribution is -0.134. The molecule has 3 aliphatic rings. The minimum atomic E-state index is -0.333. The average molecular weight is 1070 g/mol. The number of fused-ring (bicyclic) bond motifs is 2. The third kappa shape index (κ3) is 14.9. The summed E-state index contributed by atoms with van der Waals surface area (Å²) in [5.74, 6) is 4.67. The van der Waals surface area contributed by atoms with Crippen molar-refractivity contribution in [1.29, 1.82) is 0 Å². The van der Waals surface area contributed by atoms with Crippen LogP contribution in [0.3, 0.4) is 0 Å². The van der Waals surface area contributed by atoms with Gasteiger partial charge in [0, 0.05) is 61.8 Å². The zero-order valence-electron chi connectivity index (χ0n) is 45.2. The highest BCUT2D eigenvalue weighted by molar-refractivity contribution is 5.91. The van der Waals surface area contributed by atoms with Gasteiger partial charge in [-0.1, -0.05) is 66.7 Å². The van der Waals surface area contributed by atoms with Crippen LogP contribution in [0.25, 0.3) is 22.4 Å². The van der Waals surface area contributed by atoms with Gasteiger partial charge in [-0.25, -0.2) is 9.97 Å².